The molecule has 0 fully saturated rings. The van der Waals surface area contributed by atoms with E-state index in [1.807, 2.05) is 279 Å². The molecule has 0 saturated carbocycles. The van der Waals surface area contributed by atoms with E-state index in [2.05, 4.69) is 52.6 Å². The lowest BCUT2D eigenvalue weighted by Crippen LogP contribution is -2.43. The highest BCUT2D eigenvalue weighted by atomic mass is 16.6. The van der Waals surface area contributed by atoms with Crippen molar-refractivity contribution in [1.29, 1.82) is 21.0 Å². The van der Waals surface area contributed by atoms with Crippen LogP contribution in [-0.2, 0) is 185 Å². The minimum absolute atomic E-state index is 0.332. The highest BCUT2D eigenvalue weighted by molar-refractivity contribution is 6.47. The number of hydrogen-bond donors (Lipinski definition) is 0. The van der Waals surface area contributed by atoms with Crippen LogP contribution in [0.5, 0.6) is 0 Å². The van der Waals surface area contributed by atoms with Gasteiger partial charge in [0.1, 0.15) is 204 Å². The summed E-state index contributed by atoms with van der Waals surface area (Å²) in [7, 11) is 6.29. The monoisotopic (exact) mass is 1840 g/mol. The van der Waals surface area contributed by atoms with Crippen molar-refractivity contribution in [1.82, 2.24) is 36.5 Å². The van der Waals surface area contributed by atoms with Crippen molar-refractivity contribution in [2.75, 3.05) is 52.9 Å². The van der Waals surface area contributed by atoms with E-state index in [9.17, 15) is 38.4 Å². The molecule has 8 heterocycles. The van der Waals surface area contributed by atoms with E-state index in [0.29, 0.717) is 150 Å². The van der Waals surface area contributed by atoms with Gasteiger partial charge in [-0.2, -0.15) is 0 Å². The number of carbonyl (C=O) groups excluding carboxylic acids is 8. The largest absolute Gasteiger partial charge is 0.881 e. The van der Waals surface area contributed by atoms with E-state index in [4.69, 9.17) is 99.1 Å². The highest BCUT2D eigenvalue weighted by Gasteiger charge is 2.13. The molecule has 0 aromatic carbocycles. The number of esters is 8. The number of hydrogen-bond acceptors (Lipinski definition) is 28. The maximum Gasteiger partial charge on any atom is 0.333 e. The third kappa shape index (κ3) is 71.3. The fourth-order valence-corrected chi connectivity index (χ4v) is 8.01. The van der Waals surface area contributed by atoms with Crippen molar-refractivity contribution in [3.8, 4) is 23.9 Å². The summed E-state index contributed by atoms with van der Waals surface area (Å²) in [6.07, 6.45) is 46.3. The summed E-state index contributed by atoms with van der Waals surface area (Å²) in [6.45, 7) is 49.4. The molecule has 8 aromatic heterocycles. The Bertz CT molecular complexity index is 4190. The maximum atomic E-state index is 11.0. The molecule has 0 N–H and O–H groups in total. The van der Waals surface area contributed by atoms with Gasteiger partial charge in [0.05, 0.1) is 56.4 Å². The molecule has 0 bridgehead atoms. The van der Waals surface area contributed by atoms with Gasteiger partial charge >= 0.3 is 47.8 Å². The van der Waals surface area contributed by atoms with Crippen LogP contribution >= 0.6 is 0 Å². The van der Waals surface area contributed by atoms with Gasteiger partial charge in [0.25, 0.3) is 0 Å². The van der Waals surface area contributed by atoms with Gasteiger partial charge in [0.2, 0.25) is 50.6 Å². The first-order valence-corrected chi connectivity index (χ1v) is 39.4. The van der Waals surface area contributed by atoms with Gasteiger partial charge in [-0.25, -0.2) is 132 Å². The van der Waals surface area contributed by atoms with Crippen LogP contribution in [-0.4, -0.2) is 166 Å². The van der Waals surface area contributed by atoms with E-state index in [0.717, 1.165) is 23.9 Å². The standard InChI is InChI=1S/8C10H15N2O2.4CBNO2/c8*1-9(2)10(13)14-7-6-12-5-4-11(3)8-12;4*3-1-2(4)5/h8*4-5,8H,1,6-7H2,2-3H3;;;;/q8*+1;4*-2. The fraction of sp³-hybridized carbons (Fsp3) is 0.381. The van der Waals surface area contributed by atoms with Crippen LogP contribution in [0.3, 0.4) is 0 Å². The van der Waals surface area contributed by atoms with Gasteiger partial charge in [-0.3, -0.25) is 0 Å². The molecular formula is C84H120B4N20O24. The number of aryl methyl sites for hydroxylation is 8. The molecule has 0 saturated heterocycles. The Morgan fingerprint density at radius 2 is 0.318 bits per heavy atom. The zero-order valence-electron chi connectivity index (χ0n) is 77.9. The first-order valence-electron chi connectivity index (χ1n) is 39.4. The summed E-state index contributed by atoms with van der Waals surface area (Å²) < 4.78 is 70.6. The zero-order chi connectivity index (χ0) is 102. The van der Waals surface area contributed by atoms with Gasteiger partial charge in [-0.05, 0) is 79.3 Å². The second-order valence-electron chi connectivity index (χ2n) is 27.7. The van der Waals surface area contributed by atoms with Crippen molar-refractivity contribution in [3.05, 3.63) is 247 Å². The second kappa shape index (κ2) is 73.2. The predicted molar refractivity (Wildman–Crippen MR) is 457 cm³/mol. The Morgan fingerprint density at radius 3 is 0.371 bits per heavy atom. The number of rotatable bonds is 32. The molecule has 0 aliphatic heterocycles. The molecule has 8 rings (SSSR count). The Balaban J connectivity index is -0.000000688. The van der Waals surface area contributed by atoms with Crippen molar-refractivity contribution >= 4 is 76.2 Å². The van der Waals surface area contributed by atoms with Crippen LogP contribution in [0.2, 0.25) is 0 Å². The van der Waals surface area contributed by atoms with Crippen LogP contribution in [0.4, 0.5) is 0 Å². The molecule has 8 aromatic rings. The minimum atomic E-state index is -2.31. The van der Waals surface area contributed by atoms with Gasteiger partial charge < -0.3 is 78.1 Å². The molecule has 712 valence electrons. The van der Waals surface area contributed by atoms with Crippen LogP contribution in [0.15, 0.2) is 247 Å². The van der Waals surface area contributed by atoms with E-state index in [1.165, 1.54) is 0 Å². The summed E-state index contributed by atoms with van der Waals surface area (Å²) >= 11 is 0. The topological polar surface area (TPSA) is 561 Å². The number of imidazole rings is 8. The molecule has 44 nitrogen and oxygen atoms in total. The fourth-order valence-electron chi connectivity index (χ4n) is 8.01. The zero-order valence-corrected chi connectivity index (χ0v) is 77.9. The molecular weight excluding hydrogens is 1720 g/mol. The van der Waals surface area contributed by atoms with Crippen molar-refractivity contribution < 1.29 is 153 Å². The highest BCUT2D eigenvalue weighted by Crippen LogP contribution is 1.98. The van der Waals surface area contributed by atoms with Gasteiger partial charge in [0.15, 0.2) is 0 Å². The normalized spacial score (nSPS) is 9.24. The number of carbonyl (C=O) groups is 8. The Hall–Kier alpha value is -14.7. The van der Waals surface area contributed by atoms with Gasteiger partial charge in [-0.1, -0.05) is 52.6 Å². The number of aromatic nitrogens is 16. The molecule has 0 atom stereocenters. The van der Waals surface area contributed by atoms with Crippen LogP contribution in [0.1, 0.15) is 55.4 Å². The predicted octanol–water partition coefficient (Wildman–Crippen LogP) is -7.51. The third-order valence-electron chi connectivity index (χ3n) is 14.5. The summed E-state index contributed by atoms with van der Waals surface area (Å²) in [6, 6.07) is 0. The van der Waals surface area contributed by atoms with E-state index < -0.39 is 28.5 Å². The first kappa shape index (κ1) is 124. The van der Waals surface area contributed by atoms with Gasteiger partial charge in [0, 0.05) is 73.1 Å². The molecule has 0 aliphatic carbocycles. The molecule has 48 heteroatoms. The molecule has 132 heavy (non-hydrogen) atoms. The summed E-state index contributed by atoms with van der Waals surface area (Å²) in [5.74, 6) is 1.01. The van der Waals surface area contributed by atoms with Crippen molar-refractivity contribution in [2.45, 2.75) is 108 Å². The third-order valence-corrected chi connectivity index (χ3v) is 14.5. The van der Waals surface area contributed by atoms with Crippen LogP contribution in [0.25, 0.3) is 0 Å². The van der Waals surface area contributed by atoms with Crippen molar-refractivity contribution in [2.24, 2.45) is 56.4 Å². The maximum absolute atomic E-state index is 11.0. The Morgan fingerprint density at radius 1 is 0.235 bits per heavy atom. The number of nitriles is 4. The molecule has 0 amide bonds. The first-order chi connectivity index (χ1) is 61.8. The number of nitrogens with zero attached hydrogens (tertiary/aromatic N) is 20. The average Bonchev–Trinajstić information content (AvgIpc) is 1.84. The summed E-state index contributed by atoms with van der Waals surface area (Å²) in [5.41, 5.74) is 3.47. The lowest BCUT2D eigenvalue weighted by molar-refractivity contribution is -0.697. The SMILES string of the molecule is C=C(C)C(=O)OCC[n+]1ccn(C)c1.C=C(C)C(=O)OCC[n+]1ccn(C)c1.C=C(C)C(=O)OCC[n+]1ccn(C)c1.C=C(C)C(=O)OCC[n+]1ccn(C)c1.C=C(C)C(=O)OCC[n+]1ccn(C)c1.C=C(C)C(=O)OCC[n+]1ccn(C)c1.C=C(C)C(=O)OCC[n+]1ccn(C)c1.C=C(C)C(=O)OCC[n+]1ccn(C)c1.N#CB([O-])[O-].N#CB([O-])[O-].N#CB([O-])[O-].N#CB([O-])[O-]. The molecule has 0 aliphatic rings. The average molecular weight is 1840 g/mol. The number of ether oxygens (including phenoxy) is 8. The van der Waals surface area contributed by atoms with Crippen molar-refractivity contribution in [3.63, 3.8) is 0 Å². The smallest absolute Gasteiger partial charge is 0.333 e. The Labute approximate surface area is 771 Å². The lowest BCUT2D eigenvalue weighted by Gasteiger charge is -2.12. The van der Waals surface area contributed by atoms with E-state index in [-0.39, 0.29) is 47.8 Å². The Kier molecular flexibility index (Phi) is 68.5. The molecule has 0 radical (unpaired) electrons. The van der Waals surface area contributed by atoms with Crippen LogP contribution in [0, 0.1) is 44.9 Å². The molecule has 0 spiro atoms. The quantitative estimate of drug-likeness (QED) is 0.0124. The minimum Gasteiger partial charge on any atom is -0.881 e. The van der Waals surface area contributed by atoms with E-state index in [1.54, 1.807) is 55.4 Å². The second-order valence-corrected chi connectivity index (χ2v) is 27.7. The van der Waals surface area contributed by atoms with Crippen LogP contribution < -0.4 is 76.7 Å². The van der Waals surface area contributed by atoms with Gasteiger partial charge in [-0.15, -0.1) is 0 Å². The summed E-state index contributed by atoms with van der Waals surface area (Å²) in [4.78, 5) is 88.0. The lowest BCUT2D eigenvalue weighted by atomic mass is 9.97. The summed E-state index contributed by atoms with van der Waals surface area (Å²) in [5, 5.41) is 101. The molecule has 0 unspecified atom stereocenters. The van der Waals surface area contributed by atoms with E-state index >= 15 is 0 Å².